The first-order chi connectivity index (χ1) is 15.2. The molecule has 1 N–H and O–H groups in total. The molecule has 1 aromatic rings. The first-order valence-electron chi connectivity index (χ1n) is 12.1. The number of benzene rings is 1. The summed E-state index contributed by atoms with van der Waals surface area (Å²) in [7, 11) is -3.21. The monoisotopic (exact) mass is 479 g/mol. The van der Waals surface area contributed by atoms with Crippen molar-refractivity contribution in [1.82, 2.24) is 0 Å². The number of rotatable bonds is 13. The van der Waals surface area contributed by atoms with Crippen molar-refractivity contribution in [3.8, 4) is 0 Å². The summed E-state index contributed by atoms with van der Waals surface area (Å²) in [6.45, 7) is 15.0. The van der Waals surface area contributed by atoms with Gasteiger partial charge in [-0.1, -0.05) is 78.0 Å². The van der Waals surface area contributed by atoms with E-state index in [-0.39, 0.29) is 17.9 Å². The Kier molecular flexibility index (Phi) is 12.1. The van der Waals surface area contributed by atoms with Crippen molar-refractivity contribution in [2.75, 3.05) is 7.05 Å². The van der Waals surface area contributed by atoms with E-state index in [1.807, 2.05) is 56.3 Å². The highest BCUT2D eigenvalue weighted by atomic mass is 32.2. The Labute approximate surface area is 198 Å². The lowest BCUT2D eigenvalue weighted by Crippen LogP contribution is -2.42. The van der Waals surface area contributed by atoms with E-state index in [0.717, 1.165) is 18.1 Å². The van der Waals surface area contributed by atoms with Gasteiger partial charge in [0.25, 0.3) is 0 Å². The van der Waals surface area contributed by atoms with Gasteiger partial charge in [0.1, 0.15) is 9.73 Å². The summed E-state index contributed by atoms with van der Waals surface area (Å²) in [5, 5.41) is 11.0. The molecule has 0 saturated carbocycles. The van der Waals surface area contributed by atoms with Crippen LogP contribution in [-0.2, 0) is 14.2 Å². The van der Waals surface area contributed by atoms with Gasteiger partial charge in [-0.3, -0.25) is 0 Å². The molecule has 6 heteroatoms. The lowest BCUT2D eigenvalue weighted by atomic mass is 9.89. The minimum absolute atomic E-state index is 0.0230. The van der Waals surface area contributed by atoms with Gasteiger partial charge in [0, 0.05) is 13.0 Å². The molecule has 0 radical (unpaired) electrons. The molecular weight excluding hydrogens is 434 g/mol. The zero-order chi connectivity index (χ0) is 24.4. The summed E-state index contributed by atoms with van der Waals surface area (Å²) in [5.41, 5.74) is 0. The Balaban J connectivity index is 3.70. The smallest absolute Gasteiger partial charge is 0.192 e. The van der Waals surface area contributed by atoms with Gasteiger partial charge in [-0.25, -0.2) is 8.57 Å². The van der Waals surface area contributed by atoms with Crippen LogP contribution in [0, 0.1) is 11.8 Å². The molecule has 0 heterocycles. The highest BCUT2D eigenvalue weighted by molar-refractivity contribution is 7.97. The minimum atomic E-state index is -2.93. The third-order valence-electron chi connectivity index (χ3n) is 6.56. The van der Waals surface area contributed by atoms with Crippen molar-refractivity contribution < 1.29 is 13.7 Å². The van der Waals surface area contributed by atoms with Gasteiger partial charge in [0.2, 0.25) is 0 Å². The maximum Gasteiger partial charge on any atom is 0.192 e. The normalized spacial score (nSPS) is 17.9. The SMILES string of the molecule is C/C=C/[C@H](O[Si](CC)(CC)CC)[C@@H](/C=C(\C(O)CC)S(=O)(=NC)c1ccccc1)C(C)C. The number of aliphatic hydroxyl groups is 1. The molecule has 1 rings (SSSR count). The van der Waals surface area contributed by atoms with Gasteiger partial charge < -0.3 is 9.53 Å². The van der Waals surface area contributed by atoms with Crippen LogP contribution in [0.25, 0.3) is 0 Å². The van der Waals surface area contributed by atoms with E-state index in [1.54, 1.807) is 7.05 Å². The minimum Gasteiger partial charge on any atom is -0.410 e. The van der Waals surface area contributed by atoms with Crippen LogP contribution in [0.4, 0.5) is 0 Å². The van der Waals surface area contributed by atoms with E-state index in [0.29, 0.717) is 16.2 Å². The Bertz CT molecular complexity index is 845. The van der Waals surface area contributed by atoms with E-state index in [2.05, 4.69) is 45.1 Å². The predicted octanol–water partition coefficient (Wildman–Crippen LogP) is 7.04. The fourth-order valence-corrected chi connectivity index (χ4v) is 9.03. The van der Waals surface area contributed by atoms with Gasteiger partial charge in [0.15, 0.2) is 8.32 Å². The van der Waals surface area contributed by atoms with Gasteiger partial charge in [-0.2, -0.15) is 0 Å². The Morgan fingerprint density at radius 3 is 2.09 bits per heavy atom. The van der Waals surface area contributed by atoms with E-state index < -0.39 is 24.2 Å². The molecule has 2 unspecified atom stereocenters. The zero-order valence-corrected chi connectivity index (χ0v) is 23.2. The molecule has 32 heavy (non-hydrogen) atoms. The highest BCUT2D eigenvalue weighted by Crippen LogP contribution is 2.34. The number of allylic oxidation sites excluding steroid dienone is 1. The maximum absolute atomic E-state index is 14.2. The molecule has 1 aromatic carbocycles. The number of hydrogen-bond acceptors (Lipinski definition) is 4. The summed E-state index contributed by atoms with van der Waals surface area (Å²) in [4.78, 5) is 1.13. The average Bonchev–Trinajstić information content (AvgIpc) is 2.82. The third-order valence-corrected chi connectivity index (χ3v) is 13.7. The Hall–Kier alpha value is -1.21. The van der Waals surface area contributed by atoms with Crippen molar-refractivity contribution >= 4 is 18.0 Å². The van der Waals surface area contributed by atoms with Crippen molar-refractivity contribution in [2.45, 2.75) is 90.1 Å². The molecule has 0 aliphatic heterocycles. The second-order valence-corrected chi connectivity index (χ2v) is 15.8. The lowest BCUT2D eigenvalue weighted by molar-refractivity contribution is 0.158. The van der Waals surface area contributed by atoms with Crippen LogP contribution >= 0.6 is 0 Å². The molecule has 0 saturated heterocycles. The van der Waals surface area contributed by atoms with Gasteiger partial charge in [-0.15, -0.1) is 0 Å². The van der Waals surface area contributed by atoms with Crippen molar-refractivity contribution in [3.05, 3.63) is 53.5 Å². The zero-order valence-electron chi connectivity index (χ0n) is 21.4. The second kappa shape index (κ2) is 13.5. The van der Waals surface area contributed by atoms with Crippen LogP contribution in [0.15, 0.2) is 62.7 Å². The largest absolute Gasteiger partial charge is 0.410 e. The van der Waals surface area contributed by atoms with Crippen LogP contribution in [0.2, 0.25) is 18.1 Å². The van der Waals surface area contributed by atoms with Crippen molar-refractivity contribution in [1.29, 1.82) is 0 Å². The van der Waals surface area contributed by atoms with E-state index >= 15 is 0 Å². The molecule has 4 atom stereocenters. The maximum atomic E-state index is 14.2. The number of hydrogen-bond donors (Lipinski definition) is 1. The Morgan fingerprint density at radius 2 is 1.69 bits per heavy atom. The van der Waals surface area contributed by atoms with Crippen LogP contribution in [0.1, 0.15) is 54.9 Å². The molecule has 0 aliphatic rings. The fourth-order valence-electron chi connectivity index (χ4n) is 4.12. The standard InChI is InChI=1S/C26H45NO3SSi/c1-9-17-25(30-32(11-3,12-4)13-5)23(21(6)7)20-26(24(28)10-2)31(29,27-8)22-18-15-14-16-19-22/h9,14-21,23-25,28H,10-13H2,1-8H3/b17-9+,26-20+/t23-,24?,25-,31?/m0/s1. The molecule has 0 fully saturated rings. The lowest BCUT2D eigenvalue weighted by Gasteiger charge is -2.37. The van der Waals surface area contributed by atoms with E-state index in [4.69, 9.17) is 4.43 Å². The molecule has 0 spiro atoms. The summed E-state index contributed by atoms with van der Waals surface area (Å²) >= 11 is 0. The molecule has 0 aromatic heterocycles. The quantitative estimate of drug-likeness (QED) is 0.244. The Morgan fingerprint density at radius 1 is 1.12 bits per heavy atom. The van der Waals surface area contributed by atoms with Crippen LogP contribution in [0.5, 0.6) is 0 Å². The highest BCUT2D eigenvalue weighted by Gasteiger charge is 2.35. The first kappa shape index (κ1) is 28.8. The third kappa shape index (κ3) is 6.89. The second-order valence-electron chi connectivity index (χ2n) is 8.69. The fraction of sp³-hybridized carbons (Fsp3) is 0.615. The number of aliphatic hydroxyl groups excluding tert-OH is 1. The molecule has 0 amide bonds. The van der Waals surface area contributed by atoms with Gasteiger partial charge in [0.05, 0.1) is 22.0 Å². The molecular formula is C26H45NO3SSi. The van der Waals surface area contributed by atoms with E-state index in [9.17, 15) is 9.32 Å². The molecule has 4 nitrogen and oxygen atoms in total. The van der Waals surface area contributed by atoms with Crippen LogP contribution in [-0.4, -0.2) is 36.9 Å². The predicted molar refractivity (Wildman–Crippen MR) is 141 cm³/mol. The van der Waals surface area contributed by atoms with E-state index in [1.165, 1.54) is 0 Å². The van der Waals surface area contributed by atoms with Crippen LogP contribution < -0.4 is 0 Å². The molecule has 0 bridgehead atoms. The first-order valence-corrected chi connectivity index (χ1v) is 16.1. The molecule has 0 aliphatic carbocycles. The summed E-state index contributed by atoms with van der Waals surface area (Å²) in [5.74, 6) is 0.217. The van der Waals surface area contributed by atoms with Gasteiger partial charge >= 0.3 is 0 Å². The molecule has 182 valence electrons. The van der Waals surface area contributed by atoms with Crippen molar-refractivity contribution in [3.63, 3.8) is 0 Å². The topological polar surface area (TPSA) is 58.9 Å². The van der Waals surface area contributed by atoms with Crippen LogP contribution in [0.3, 0.4) is 0 Å². The number of nitrogens with zero attached hydrogens (tertiary/aromatic N) is 1. The van der Waals surface area contributed by atoms with Crippen molar-refractivity contribution in [2.24, 2.45) is 16.2 Å². The summed E-state index contributed by atoms with van der Waals surface area (Å²) < 4.78 is 25.5. The van der Waals surface area contributed by atoms with Gasteiger partial charge in [-0.05, 0) is 49.5 Å². The summed E-state index contributed by atoms with van der Waals surface area (Å²) in [6, 6.07) is 12.5. The average molecular weight is 480 g/mol. The summed E-state index contributed by atoms with van der Waals surface area (Å²) in [6.07, 6.45) is 5.72.